The van der Waals surface area contributed by atoms with Crippen molar-refractivity contribution in [3.63, 3.8) is 0 Å². The maximum absolute atomic E-state index is 10.6. The van der Waals surface area contributed by atoms with Crippen molar-refractivity contribution in [3.8, 4) is 5.75 Å². The Kier molecular flexibility index (Phi) is 4.59. The third-order valence-corrected chi connectivity index (χ3v) is 2.40. The molecule has 1 rings (SSSR count). The van der Waals surface area contributed by atoms with E-state index >= 15 is 0 Å². The number of aldehydes is 1. The maximum Gasteiger partial charge on any atom is 0.141 e. The lowest BCUT2D eigenvalue weighted by molar-refractivity contribution is -0.107. The Morgan fingerprint density at radius 3 is 2.67 bits per heavy atom. The number of methoxy groups -OCH3 is 2. The standard InChI is InChI=1S/C11H13ClO3/c1-14-7-8-3-4-10(12)11(15-2)9(8)5-6-13/h3-4,6H,5,7H2,1-2H3. The summed E-state index contributed by atoms with van der Waals surface area (Å²) in [4.78, 5) is 10.6. The first-order valence-corrected chi connectivity index (χ1v) is 4.89. The predicted octanol–water partition coefficient (Wildman–Crippen LogP) is 2.24. The molecule has 0 saturated heterocycles. The number of carbonyl (C=O) groups is 1. The van der Waals surface area contributed by atoms with Gasteiger partial charge in [0.05, 0.1) is 18.7 Å². The first-order valence-electron chi connectivity index (χ1n) is 4.51. The van der Waals surface area contributed by atoms with Crippen LogP contribution >= 0.6 is 11.6 Å². The molecule has 0 aliphatic heterocycles. The van der Waals surface area contributed by atoms with Gasteiger partial charge in [-0.3, -0.25) is 0 Å². The summed E-state index contributed by atoms with van der Waals surface area (Å²) in [7, 11) is 3.14. The quantitative estimate of drug-likeness (QED) is 0.725. The van der Waals surface area contributed by atoms with E-state index in [1.807, 2.05) is 6.07 Å². The SMILES string of the molecule is COCc1ccc(Cl)c(OC)c1CC=O. The Morgan fingerprint density at radius 1 is 1.40 bits per heavy atom. The fraction of sp³-hybridized carbons (Fsp3) is 0.364. The van der Waals surface area contributed by atoms with Crippen molar-refractivity contribution >= 4 is 17.9 Å². The average Bonchev–Trinajstić information content (AvgIpc) is 2.23. The molecule has 15 heavy (non-hydrogen) atoms. The molecule has 0 aliphatic rings. The smallest absolute Gasteiger partial charge is 0.141 e. The molecule has 3 nitrogen and oxygen atoms in total. The molecule has 0 aliphatic carbocycles. The van der Waals surface area contributed by atoms with Crippen LogP contribution in [0.15, 0.2) is 12.1 Å². The topological polar surface area (TPSA) is 35.5 Å². The molecular formula is C11H13ClO3. The zero-order valence-electron chi connectivity index (χ0n) is 8.75. The lowest BCUT2D eigenvalue weighted by atomic mass is 10.0. The van der Waals surface area contributed by atoms with E-state index in [0.29, 0.717) is 17.4 Å². The summed E-state index contributed by atoms with van der Waals surface area (Å²) in [5.41, 5.74) is 1.72. The Morgan fingerprint density at radius 2 is 2.13 bits per heavy atom. The van der Waals surface area contributed by atoms with Gasteiger partial charge in [0.1, 0.15) is 12.0 Å². The van der Waals surface area contributed by atoms with Gasteiger partial charge in [-0.15, -0.1) is 0 Å². The molecule has 0 amide bonds. The largest absolute Gasteiger partial charge is 0.495 e. The zero-order valence-corrected chi connectivity index (χ0v) is 9.50. The fourth-order valence-electron chi connectivity index (χ4n) is 1.46. The minimum Gasteiger partial charge on any atom is -0.495 e. The van der Waals surface area contributed by atoms with Crippen LogP contribution in [0.2, 0.25) is 5.02 Å². The van der Waals surface area contributed by atoms with Gasteiger partial charge < -0.3 is 14.3 Å². The van der Waals surface area contributed by atoms with Crippen molar-refractivity contribution < 1.29 is 14.3 Å². The lowest BCUT2D eigenvalue weighted by Gasteiger charge is -2.12. The molecule has 0 aromatic heterocycles. The Bertz CT molecular complexity index is 350. The Balaban J connectivity index is 3.21. The van der Waals surface area contributed by atoms with E-state index in [1.165, 1.54) is 7.11 Å². The summed E-state index contributed by atoms with van der Waals surface area (Å²) in [6.07, 6.45) is 1.11. The summed E-state index contributed by atoms with van der Waals surface area (Å²) in [6, 6.07) is 3.58. The summed E-state index contributed by atoms with van der Waals surface area (Å²) < 4.78 is 10.2. The molecule has 0 bridgehead atoms. The number of rotatable bonds is 5. The first kappa shape index (κ1) is 12.0. The highest BCUT2D eigenvalue weighted by Crippen LogP contribution is 2.31. The highest BCUT2D eigenvalue weighted by atomic mass is 35.5. The average molecular weight is 229 g/mol. The van der Waals surface area contributed by atoms with E-state index in [2.05, 4.69) is 0 Å². The second-order valence-electron chi connectivity index (χ2n) is 3.02. The maximum atomic E-state index is 10.6. The molecule has 0 spiro atoms. The molecule has 0 saturated carbocycles. The van der Waals surface area contributed by atoms with Crippen LogP contribution in [0.3, 0.4) is 0 Å². The van der Waals surface area contributed by atoms with Gasteiger partial charge in [0.25, 0.3) is 0 Å². The van der Waals surface area contributed by atoms with Gasteiger partial charge in [-0.25, -0.2) is 0 Å². The summed E-state index contributed by atoms with van der Waals surface area (Å²) in [5.74, 6) is 0.554. The second kappa shape index (κ2) is 5.73. The second-order valence-corrected chi connectivity index (χ2v) is 3.43. The summed E-state index contributed by atoms with van der Waals surface area (Å²) in [5, 5.41) is 0.509. The molecule has 82 valence electrons. The molecule has 0 N–H and O–H groups in total. The summed E-state index contributed by atoms with van der Waals surface area (Å²) >= 11 is 5.96. The highest BCUT2D eigenvalue weighted by molar-refractivity contribution is 6.32. The van der Waals surface area contributed by atoms with Crippen LogP contribution in [-0.4, -0.2) is 20.5 Å². The monoisotopic (exact) mass is 228 g/mol. The van der Waals surface area contributed by atoms with Gasteiger partial charge in [-0.2, -0.15) is 0 Å². The number of hydrogen-bond acceptors (Lipinski definition) is 3. The van der Waals surface area contributed by atoms with Crippen LogP contribution in [0.25, 0.3) is 0 Å². The number of benzene rings is 1. The van der Waals surface area contributed by atoms with Gasteiger partial charge in [-0.05, 0) is 11.6 Å². The first-order chi connectivity index (χ1) is 7.24. The van der Waals surface area contributed by atoms with Gasteiger partial charge in [0, 0.05) is 19.1 Å². The third kappa shape index (κ3) is 2.70. The zero-order chi connectivity index (χ0) is 11.3. The molecule has 0 heterocycles. The lowest BCUT2D eigenvalue weighted by Crippen LogP contribution is -2.01. The van der Waals surface area contributed by atoms with Crippen LogP contribution in [0, 0.1) is 0 Å². The van der Waals surface area contributed by atoms with Crippen molar-refractivity contribution in [2.24, 2.45) is 0 Å². The molecule has 0 radical (unpaired) electrons. The fourth-order valence-corrected chi connectivity index (χ4v) is 1.71. The van der Waals surface area contributed by atoms with Crippen LogP contribution in [0.1, 0.15) is 11.1 Å². The van der Waals surface area contributed by atoms with E-state index in [0.717, 1.165) is 17.4 Å². The van der Waals surface area contributed by atoms with Gasteiger partial charge in [0.15, 0.2) is 0 Å². The van der Waals surface area contributed by atoms with E-state index in [9.17, 15) is 4.79 Å². The van der Waals surface area contributed by atoms with Crippen LogP contribution in [0.4, 0.5) is 0 Å². The number of halogens is 1. The van der Waals surface area contributed by atoms with E-state index in [1.54, 1.807) is 13.2 Å². The number of hydrogen-bond donors (Lipinski definition) is 0. The van der Waals surface area contributed by atoms with Gasteiger partial charge in [0.2, 0.25) is 0 Å². The van der Waals surface area contributed by atoms with Crippen molar-refractivity contribution in [1.29, 1.82) is 0 Å². The van der Waals surface area contributed by atoms with Crippen molar-refractivity contribution in [2.75, 3.05) is 14.2 Å². The van der Waals surface area contributed by atoms with E-state index in [-0.39, 0.29) is 6.42 Å². The van der Waals surface area contributed by atoms with Gasteiger partial charge >= 0.3 is 0 Å². The minimum atomic E-state index is 0.280. The van der Waals surface area contributed by atoms with Crippen molar-refractivity contribution in [1.82, 2.24) is 0 Å². The summed E-state index contributed by atoms with van der Waals surface area (Å²) in [6.45, 7) is 0.441. The predicted molar refractivity (Wildman–Crippen MR) is 58.5 cm³/mol. The molecular weight excluding hydrogens is 216 g/mol. The third-order valence-electron chi connectivity index (χ3n) is 2.10. The minimum absolute atomic E-state index is 0.280. The molecule has 0 atom stereocenters. The Labute approximate surface area is 93.9 Å². The molecule has 0 unspecified atom stereocenters. The van der Waals surface area contributed by atoms with E-state index in [4.69, 9.17) is 21.1 Å². The molecule has 1 aromatic rings. The van der Waals surface area contributed by atoms with Crippen LogP contribution in [0.5, 0.6) is 5.75 Å². The highest BCUT2D eigenvalue weighted by Gasteiger charge is 2.12. The van der Waals surface area contributed by atoms with Crippen LogP contribution in [-0.2, 0) is 22.6 Å². The number of ether oxygens (including phenoxy) is 2. The molecule has 4 heteroatoms. The van der Waals surface area contributed by atoms with E-state index < -0.39 is 0 Å². The van der Waals surface area contributed by atoms with Crippen molar-refractivity contribution in [3.05, 3.63) is 28.3 Å². The van der Waals surface area contributed by atoms with Gasteiger partial charge in [-0.1, -0.05) is 17.7 Å². The van der Waals surface area contributed by atoms with Crippen molar-refractivity contribution in [2.45, 2.75) is 13.0 Å². The molecule has 1 aromatic carbocycles. The van der Waals surface area contributed by atoms with Crippen LogP contribution < -0.4 is 4.74 Å². The Hall–Kier alpha value is -1.06. The normalized spacial score (nSPS) is 10.1. The number of carbonyl (C=O) groups excluding carboxylic acids is 1. The molecule has 0 fully saturated rings.